The lowest BCUT2D eigenvalue weighted by atomic mass is 10.1. The number of anilines is 2. The van der Waals surface area contributed by atoms with Gasteiger partial charge in [0.15, 0.2) is 5.13 Å². The second kappa shape index (κ2) is 13.1. The molecule has 0 atom stereocenters. The van der Waals surface area contributed by atoms with Crippen LogP contribution in [0.1, 0.15) is 36.0 Å². The van der Waals surface area contributed by atoms with Gasteiger partial charge in [0.05, 0.1) is 19.1 Å². The number of halogens is 1. The van der Waals surface area contributed by atoms with Crippen molar-refractivity contribution in [1.29, 1.82) is 0 Å². The number of aromatic nitrogens is 1. The maximum absolute atomic E-state index is 13.8. The highest BCUT2D eigenvalue weighted by Gasteiger charge is 2.27. The third kappa shape index (κ3) is 6.28. The second-order valence-corrected chi connectivity index (χ2v) is 10.2. The molecule has 38 heavy (non-hydrogen) atoms. The predicted molar refractivity (Wildman–Crippen MR) is 154 cm³/mol. The Labute approximate surface area is 232 Å². The monoisotopic (exact) mass is 563 g/mol. The van der Waals surface area contributed by atoms with Crippen LogP contribution in [0.25, 0.3) is 10.2 Å². The highest BCUT2D eigenvalue weighted by molar-refractivity contribution is 7.22. The molecule has 1 saturated heterocycles. The largest absolute Gasteiger partial charge is 0.495 e. The van der Waals surface area contributed by atoms with Gasteiger partial charge in [0, 0.05) is 31.3 Å². The van der Waals surface area contributed by atoms with Crippen LogP contribution in [0, 0.1) is 10.1 Å². The number of ether oxygens (including phenoxy) is 2. The molecule has 1 fully saturated rings. The van der Waals surface area contributed by atoms with Gasteiger partial charge in [-0.05, 0) is 70.6 Å². The fraction of sp³-hybridized carbons (Fsp3) is 0.462. The summed E-state index contributed by atoms with van der Waals surface area (Å²) in [5.74, 6) is 0.895. The van der Waals surface area contributed by atoms with E-state index in [2.05, 4.69) is 0 Å². The van der Waals surface area contributed by atoms with Crippen molar-refractivity contribution < 1.29 is 19.2 Å². The zero-order valence-electron chi connectivity index (χ0n) is 22.1. The highest BCUT2D eigenvalue weighted by Crippen LogP contribution is 2.41. The minimum Gasteiger partial charge on any atom is -0.495 e. The van der Waals surface area contributed by atoms with Gasteiger partial charge in [-0.15, -0.1) is 12.4 Å². The van der Waals surface area contributed by atoms with Crippen molar-refractivity contribution >= 4 is 56.4 Å². The van der Waals surface area contributed by atoms with Gasteiger partial charge in [0.1, 0.15) is 27.4 Å². The van der Waals surface area contributed by atoms with Gasteiger partial charge < -0.3 is 19.3 Å². The molecule has 0 radical (unpaired) electrons. The molecule has 1 amide bonds. The van der Waals surface area contributed by atoms with E-state index in [1.54, 1.807) is 37.3 Å². The standard InChI is InChI=1S/C26H33N5O5S.ClH/c1-28(2)13-8-16-30(26-27-23-21(35-3)11-12-22(36-4)24(23)37-26)25(32)18-9-10-19(20(17-18)31(33)34)29-14-6-5-7-15-29;/h9-12,17H,5-8,13-16H2,1-4H3;1H. The summed E-state index contributed by atoms with van der Waals surface area (Å²) >= 11 is 1.34. The topological polar surface area (TPSA) is 101 Å². The van der Waals surface area contributed by atoms with E-state index >= 15 is 0 Å². The van der Waals surface area contributed by atoms with Gasteiger partial charge >= 0.3 is 0 Å². The molecule has 0 bridgehead atoms. The van der Waals surface area contributed by atoms with Crippen LogP contribution in [0.15, 0.2) is 30.3 Å². The predicted octanol–water partition coefficient (Wildman–Crippen LogP) is 5.23. The molecule has 206 valence electrons. The van der Waals surface area contributed by atoms with E-state index in [1.165, 1.54) is 17.4 Å². The van der Waals surface area contributed by atoms with Crippen molar-refractivity contribution in [2.24, 2.45) is 0 Å². The van der Waals surface area contributed by atoms with Crippen LogP contribution in [-0.4, -0.2) is 75.2 Å². The van der Waals surface area contributed by atoms with E-state index in [0.717, 1.165) is 43.6 Å². The minimum absolute atomic E-state index is 0. The van der Waals surface area contributed by atoms with E-state index in [-0.39, 0.29) is 29.6 Å². The Kier molecular flexibility index (Phi) is 10.1. The second-order valence-electron chi connectivity index (χ2n) is 9.27. The summed E-state index contributed by atoms with van der Waals surface area (Å²) in [6, 6.07) is 8.39. The molecule has 0 N–H and O–H groups in total. The minimum atomic E-state index is -0.398. The Hall–Kier alpha value is -3.15. The Bertz CT molecular complexity index is 1240. The Morgan fingerprint density at radius 1 is 1.08 bits per heavy atom. The van der Waals surface area contributed by atoms with E-state index in [0.29, 0.717) is 40.8 Å². The Morgan fingerprint density at radius 2 is 1.76 bits per heavy atom. The number of hydrogen-bond acceptors (Lipinski definition) is 9. The molecule has 2 heterocycles. The van der Waals surface area contributed by atoms with Crippen molar-refractivity contribution in [2.75, 3.05) is 64.3 Å². The normalized spacial score (nSPS) is 13.3. The first kappa shape index (κ1) is 29.4. The molecule has 0 unspecified atom stereocenters. The lowest BCUT2D eigenvalue weighted by molar-refractivity contribution is -0.384. The van der Waals surface area contributed by atoms with Gasteiger partial charge in [0.2, 0.25) is 0 Å². The lowest BCUT2D eigenvalue weighted by Gasteiger charge is -2.28. The molecule has 2 aromatic carbocycles. The summed E-state index contributed by atoms with van der Waals surface area (Å²) in [6.07, 6.45) is 3.83. The van der Waals surface area contributed by atoms with Crippen LogP contribution >= 0.6 is 23.7 Å². The summed E-state index contributed by atoms with van der Waals surface area (Å²) in [5, 5.41) is 12.5. The third-order valence-corrected chi connectivity index (χ3v) is 7.57. The molecule has 0 aliphatic carbocycles. The first-order valence-electron chi connectivity index (χ1n) is 12.4. The van der Waals surface area contributed by atoms with Crippen LogP contribution in [-0.2, 0) is 0 Å². The first-order chi connectivity index (χ1) is 17.8. The first-order valence-corrected chi connectivity index (χ1v) is 13.2. The van der Waals surface area contributed by atoms with E-state index in [1.807, 2.05) is 30.0 Å². The SMILES string of the molecule is COc1ccc(OC)c2sc(N(CCCN(C)C)C(=O)c3ccc(N4CCCCC4)c([N+](=O)[O-])c3)nc12.Cl. The molecule has 3 aromatic rings. The fourth-order valence-corrected chi connectivity index (χ4v) is 5.68. The molecule has 1 aliphatic rings. The van der Waals surface area contributed by atoms with Gasteiger partial charge in [-0.25, -0.2) is 4.98 Å². The lowest BCUT2D eigenvalue weighted by Crippen LogP contribution is -2.34. The van der Waals surface area contributed by atoms with Crippen molar-refractivity contribution in [3.8, 4) is 11.5 Å². The van der Waals surface area contributed by atoms with Gasteiger partial charge in [0.25, 0.3) is 11.6 Å². The number of nitro groups is 1. The maximum atomic E-state index is 13.8. The van der Waals surface area contributed by atoms with Crippen molar-refractivity contribution in [3.05, 3.63) is 46.0 Å². The fourth-order valence-electron chi connectivity index (χ4n) is 4.58. The number of thiazole rings is 1. The van der Waals surface area contributed by atoms with Crippen LogP contribution in [0.5, 0.6) is 11.5 Å². The molecular weight excluding hydrogens is 530 g/mol. The van der Waals surface area contributed by atoms with E-state index in [4.69, 9.17) is 14.5 Å². The third-order valence-electron chi connectivity index (χ3n) is 6.48. The molecule has 12 heteroatoms. The summed E-state index contributed by atoms with van der Waals surface area (Å²) in [5.41, 5.74) is 1.39. The van der Waals surface area contributed by atoms with Crippen LogP contribution < -0.4 is 19.3 Å². The van der Waals surface area contributed by atoms with Gasteiger partial charge in [-0.2, -0.15) is 0 Å². The number of rotatable bonds is 10. The summed E-state index contributed by atoms with van der Waals surface area (Å²) in [6.45, 7) is 2.73. The average Bonchev–Trinajstić information content (AvgIpc) is 3.35. The number of benzene rings is 2. The van der Waals surface area contributed by atoms with E-state index in [9.17, 15) is 14.9 Å². The molecule has 0 spiro atoms. The molecule has 4 rings (SSSR count). The molecule has 10 nitrogen and oxygen atoms in total. The van der Waals surface area contributed by atoms with Crippen LogP contribution in [0.4, 0.5) is 16.5 Å². The number of carbonyl (C=O) groups is 1. The number of piperidine rings is 1. The number of nitrogens with zero attached hydrogens (tertiary/aromatic N) is 5. The molecule has 0 saturated carbocycles. The highest BCUT2D eigenvalue weighted by atomic mass is 35.5. The zero-order chi connectivity index (χ0) is 26.5. The Morgan fingerprint density at radius 3 is 2.39 bits per heavy atom. The van der Waals surface area contributed by atoms with Crippen molar-refractivity contribution in [2.45, 2.75) is 25.7 Å². The maximum Gasteiger partial charge on any atom is 0.293 e. The number of hydrogen-bond donors (Lipinski definition) is 0. The smallest absolute Gasteiger partial charge is 0.293 e. The van der Waals surface area contributed by atoms with E-state index < -0.39 is 4.92 Å². The number of nitro benzene ring substituents is 1. The van der Waals surface area contributed by atoms with Crippen molar-refractivity contribution in [3.63, 3.8) is 0 Å². The number of methoxy groups -OCH3 is 2. The Balaban J connectivity index is 0.00000400. The quantitative estimate of drug-likeness (QED) is 0.244. The number of carbonyl (C=O) groups excluding carboxylic acids is 1. The van der Waals surface area contributed by atoms with Crippen LogP contribution in [0.3, 0.4) is 0 Å². The summed E-state index contributed by atoms with van der Waals surface area (Å²) in [7, 11) is 7.11. The molecule has 1 aliphatic heterocycles. The molecular formula is C26H34ClN5O5S. The van der Waals surface area contributed by atoms with Gasteiger partial charge in [-0.1, -0.05) is 11.3 Å². The number of fused-ring (bicyclic) bond motifs is 1. The average molecular weight is 564 g/mol. The summed E-state index contributed by atoms with van der Waals surface area (Å²) < 4.78 is 11.8. The number of amides is 1. The van der Waals surface area contributed by atoms with Crippen molar-refractivity contribution in [1.82, 2.24) is 9.88 Å². The van der Waals surface area contributed by atoms with Gasteiger partial charge in [-0.3, -0.25) is 19.8 Å². The zero-order valence-corrected chi connectivity index (χ0v) is 23.8. The molecule has 1 aromatic heterocycles. The van der Waals surface area contributed by atoms with Crippen LogP contribution in [0.2, 0.25) is 0 Å². The summed E-state index contributed by atoms with van der Waals surface area (Å²) in [4.78, 5) is 35.9.